The summed E-state index contributed by atoms with van der Waals surface area (Å²) in [5, 5.41) is 8.28. The largest absolute Gasteiger partial charge is 0.354 e. The average molecular weight is 390 g/mol. The minimum absolute atomic E-state index is 0.0612. The number of hydrogen-bond donors (Lipinski definition) is 3. The first-order chi connectivity index (χ1) is 13.0. The number of amides is 3. The number of carbonyl (C=O) groups is 3. The number of rotatable bonds is 5. The molecule has 1 unspecified atom stereocenters. The van der Waals surface area contributed by atoms with Crippen molar-refractivity contribution in [2.45, 2.75) is 12.3 Å². The van der Waals surface area contributed by atoms with Gasteiger partial charge in [-0.25, -0.2) is 4.39 Å². The summed E-state index contributed by atoms with van der Waals surface area (Å²) in [5.74, 6) is -2.30. The zero-order valence-corrected chi connectivity index (χ0v) is 15.0. The molecule has 3 amide bonds. The summed E-state index contributed by atoms with van der Waals surface area (Å²) in [6.45, 7) is 0.350. The van der Waals surface area contributed by atoms with E-state index in [1.165, 1.54) is 18.2 Å². The fourth-order valence-electron chi connectivity index (χ4n) is 2.89. The van der Waals surface area contributed by atoms with Gasteiger partial charge in [0.1, 0.15) is 5.82 Å². The zero-order valence-electron chi connectivity index (χ0n) is 14.2. The lowest BCUT2D eigenvalue weighted by Crippen LogP contribution is -2.39. The van der Waals surface area contributed by atoms with Crippen molar-refractivity contribution in [3.63, 3.8) is 0 Å². The highest BCUT2D eigenvalue weighted by Crippen LogP contribution is 2.32. The van der Waals surface area contributed by atoms with E-state index in [0.717, 1.165) is 0 Å². The topological polar surface area (TPSA) is 87.3 Å². The molecule has 2 aromatic carbocycles. The van der Waals surface area contributed by atoms with Crippen molar-refractivity contribution in [2.75, 3.05) is 18.4 Å². The third-order valence-corrected chi connectivity index (χ3v) is 4.53. The molecule has 3 N–H and O–H groups in total. The number of nitrogens with one attached hydrogen (secondary N) is 3. The van der Waals surface area contributed by atoms with Crippen LogP contribution in [0.1, 0.15) is 28.3 Å². The van der Waals surface area contributed by atoms with Gasteiger partial charge in [0.25, 0.3) is 5.91 Å². The monoisotopic (exact) mass is 389 g/mol. The fraction of sp³-hybridized carbons (Fsp3) is 0.211. The molecule has 8 heteroatoms. The van der Waals surface area contributed by atoms with Crippen LogP contribution >= 0.6 is 11.6 Å². The fourth-order valence-corrected chi connectivity index (χ4v) is 3.11. The first-order valence-corrected chi connectivity index (χ1v) is 8.73. The molecule has 0 bridgehead atoms. The highest BCUT2D eigenvalue weighted by molar-refractivity contribution is 6.33. The normalized spacial score (nSPS) is 15.5. The van der Waals surface area contributed by atoms with Crippen LogP contribution in [-0.4, -0.2) is 30.8 Å². The van der Waals surface area contributed by atoms with Crippen molar-refractivity contribution in [3.8, 4) is 0 Å². The Morgan fingerprint density at radius 2 is 1.89 bits per heavy atom. The van der Waals surface area contributed by atoms with E-state index in [2.05, 4.69) is 16.0 Å². The third-order valence-electron chi connectivity index (χ3n) is 4.20. The lowest BCUT2D eigenvalue weighted by molar-refractivity contribution is -0.126. The van der Waals surface area contributed by atoms with E-state index in [4.69, 9.17) is 11.6 Å². The van der Waals surface area contributed by atoms with Crippen molar-refractivity contribution in [1.29, 1.82) is 0 Å². The van der Waals surface area contributed by atoms with Crippen molar-refractivity contribution in [3.05, 3.63) is 64.4 Å². The van der Waals surface area contributed by atoms with Crippen LogP contribution in [0.15, 0.2) is 42.5 Å². The van der Waals surface area contributed by atoms with Gasteiger partial charge in [0.15, 0.2) is 0 Å². The summed E-state index contributed by atoms with van der Waals surface area (Å²) in [7, 11) is 0. The van der Waals surface area contributed by atoms with E-state index in [1.807, 2.05) is 0 Å². The van der Waals surface area contributed by atoms with Crippen LogP contribution in [0.2, 0.25) is 5.02 Å². The van der Waals surface area contributed by atoms with E-state index in [9.17, 15) is 18.8 Å². The minimum atomic E-state index is -0.774. The highest BCUT2D eigenvalue weighted by atomic mass is 35.5. The molecule has 0 spiro atoms. The molecule has 140 valence electrons. The lowest BCUT2D eigenvalue weighted by atomic mass is 9.89. The van der Waals surface area contributed by atoms with Crippen LogP contribution in [0.25, 0.3) is 0 Å². The zero-order chi connectivity index (χ0) is 19.4. The summed E-state index contributed by atoms with van der Waals surface area (Å²) < 4.78 is 13.5. The Morgan fingerprint density at radius 3 is 2.67 bits per heavy atom. The summed E-state index contributed by atoms with van der Waals surface area (Å²) in [6, 6.07) is 10.5. The molecular weight excluding hydrogens is 373 g/mol. The quantitative estimate of drug-likeness (QED) is 0.686. The van der Waals surface area contributed by atoms with E-state index < -0.39 is 17.6 Å². The van der Waals surface area contributed by atoms with Crippen LogP contribution in [0.4, 0.5) is 10.1 Å². The molecule has 6 nitrogen and oxygen atoms in total. The van der Waals surface area contributed by atoms with Crippen molar-refractivity contribution in [2.24, 2.45) is 0 Å². The predicted octanol–water partition coefficient (Wildman–Crippen LogP) is 2.45. The van der Waals surface area contributed by atoms with E-state index in [-0.39, 0.29) is 31.3 Å². The Labute approximate surface area is 160 Å². The Morgan fingerprint density at radius 1 is 1.15 bits per heavy atom. The summed E-state index contributed by atoms with van der Waals surface area (Å²) in [4.78, 5) is 36.3. The maximum Gasteiger partial charge on any atom is 0.252 e. The number of halogens is 2. The SMILES string of the molecule is O=C1CC(C(=O)NCCNC(=O)c2ccccc2Cl)c2cc(F)ccc2N1. The molecule has 0 aromatic heterocycles. The summed E-state index contributed by atoms with van der Waals surface area (Å²) in [6.07, 6.45) is -0.0612. The van der Waals surface area contributed by atoms with Crippen LogP contribution in [0.3, 0.4) is 0 Å². The second kappa shape index (κ2) is 8.18. The van der Waals surface area contributed by atoms with Gasteiger partial charge in [-0.15, -0.1) is 0 Å². The van der Waals surface area contributed by atoms with Crippen LogP contribution < -0.4 is 16.0 Å². The van der Waals surface area contributed by atoms with Crippen LogP contribution in [0.5, 0.6) is 0 Å². The smallest absolute Gasteiger partial charge is 0.252 e. The standard InChI is InChI=1S/C19H17ClFN3O3/c20-15-4-2-1-3-12(15)18(26)22-7-8-23-19(27)14-10-17(25)24-16-6-5-11(21)9-13(14)16/h1-6,9,14H,7-8,10H2,(H,22,26)(H,23,27)(H,24,25). The molecule has 1 aliphatic heterocycles. The first kappa shape index (κ1) is 18.8. The van der Waals surface area contributed by atoms with Gasteiger partial charge in [0, 0.05) is 25.2 Å². The van der Waals surface area contributed by atoms with Gasteiger partial charge in [0.2, 0.25) is 11.8 Å². The highest BCUT2D eigenvalue weighted by Gasteiger charge is 2.30. The van der Waals surface area contributed by atoms with Crippen molar-refractivity contribution in [1.82, 2.24) is 10.6 Å². The summed E-state index contributed by atoms with van der Waals surface area (Å²) >= 11 is 5.96. The van der Waals surface area contributed by atoms with Crippen LogP contribution in [0, 0.1) is 5.82 Å². The maximum absolute atomic E-state index is 13.5. The predicted molar refractivity (Wildman–Crippen MR) is 99.2 cm³/mol. The van der Waals surface area contributed by atoms with Gasteiger partial charge in [-0.2, -0.15) is 0 Å². The molecule has 0 aliphatic carbocycles. The Bertz CT molecular complexity index is 904. The molecule has 0 saturated heterocycles. The average Bonchev–Trinajstić information content (AvgIpc) is 2.65. The molecule has 0 radical (unpaired) electrons. The number of carbonyl (C=O) groups excluding carboxylic acids is 3. The minimum Gasteiger partial charge on any atom is -0.354 e. The van der Waals surface area contributed by atoms with Crippen LogP contribution in [-0.2, 0) is 9.59 Å². The molecular formula is C19H17ClFN3O3. The van der Waals surface area contributed by atoms with Gasteiger partial charge < -0.3 is 16.0 Å². The van der Waals surface area contributed by atoms with E-state index in [0.29, 0.717) is 21.8 Å². The van der Waals surface area contributed by atoms with Gasteiger partial charge >= 0.3 is 0 Å². The summed E-state index contributed by atoms with van der Waals surface area (Å²) in [5.41, 5.74) is 1.21. The molecule has 1 heterocycles. The molecule has 0 saturated carbocycles. The van der Waals surface area contributed by atoms with Gasteiger partial charge in [-0.3, -0.25) is 14.4 Å². The number of anilines is 1. The lowest BCUT2D eigenvalue weighted by Gasteiger charge is -2.25. The van der Waals surface area contributed by atoms with Gasteiger partial charge in [0.05, 0.1) is 16.5 Å². The Hall–Kier alpha value is -2.93. The molecule has 3 rings (SSSR count). The number of hydrogen-bond acceptors (Lipinski definition) is 3. The molecule has 2 aromatic rings. The molecule has 1 atom stereocenters. The van der Waals surface area contributed by atoms with Gasteiger partial charge in [-0.05, 0) is 35.9 Å². The van der Waals surface area contributed by atoms with E-state index >= 15 is 0 Å². The molecule has 0 fully saturated rings. The molecule has 27 heavy (non-hydrogen) atoms. The Balaban J connectivity index is 1.56. The second-order valence-electron chi connectivity index (χ2n) is 6.06. The van der Waals surface area contributed by atoms with Crippen molar-refractivity contribution >= 4 is 35.0 Å². The van der Waals surface area contributed by atoms with Gasteiger partial charge in [-0.1, -0.05) is 23.7 Å². The maximum atomic E-state index is 13.5. The first-order valence-electron chi connectivity index (χ1n) is 8.35. The Kier molecular flexibility index (Phi) is 5.71. The number of fused-ring (bicyclic) bond motifs is 1. The third kappa shape index (κ3) is 4.43. The van der Waals surface area contributed by atoms with Crippen molar-refractivity contribution < 1.29 is 18.8 Å². The molecule has 1 aliphatic rings. The van der Waals surface area contributed by atoms with E-state index in [1.54, 1.807) is 24.3 Å². The number of benzene rings is 2. The second-order valence-corrected chi connectivity index (χ2v) is 6.47.